The minimum atomic E-state index is -0.400. The van der Waals surface area contributed by atoms with Crippen LogP contribution in [-0.4, -0.2) is 32.3 Å². The van der Waals surface area contributed by atoms with Gasteiger partial charge in [0, 0.05) is 35.1 Å². The molecule has 0 amide bonds. The van der Waals surface area contributed by atoms with Crippen LogP contribution in [0.2, 0.25) is 0 Å². The SMILES string of the molecule is CCOC(=O)c1cnc2[nH]ccc2c1-c1cnn(C(CC#N)C2CCC2)c1. The summed E-state index contributed by atoms with van der Waals surface area (Å²) in [7, 11) is 0. The molecule has 0 aliphatic heterocycles. The summed E-state index contributed by atoms with van der Waals surface area (Å²) in [6.07, 6.45) is 10.9. The Balaban J connectivity index is 1.79. The maximum atomic E-state index is 12.5. The standard InChI is InChI=1S/C20H21N5O2/c1-2-27-20(26)16-11-23-19-15(7-9-22-19)18(16)14-10-24-25(12-14)17(6-8-21)13-4-3-5-13/h7,9-13,17H,2-6H2,1H3,(H,22,23). The van der Waals surface area contributed by atoms with Gasteiger partial charge in [0.05, 0.1) is 36.9 Å². The van der Waals surface area contributed by atoms with Gasteiger partial charge in [0.2, 0.25) is 0 Å². The van der Waals surface area contributed by atoms with Crippen molar-refractivity contribution in [2.75, 3.05) is 6.61 Å². The third-order valence-corrected chi connectivity index (χ3v) is 5.31. The predicted octanol–water partition coefficient (Wildman–Crippen LogP) is 3.86. The number of ether oxygens (including phenoxy) is 1. The van der Waals surface area contributed by atoms with Crippen LogP contribution in [0.25, 0.3) is 22.2 Å². The Bertz CT molecular complexity index is 1010. The number of pyridine rings is 1. The van der Waals surface area contributed by atoms with E-state index in [-0.39, 0.29) is 6.04 Å². The van der Waals surface area contributed by atoms with Crippen LogP contribution in [0.4, 0.5) is 0 Å². The molecule has 0 spiro atoms. The Kier molecular flexibility index (Phi) is 4.63. The number of carbonyl (C=O) groups is 1. The highest BCUT2D eigenvalue weighted by Gasteiger charge is 2.29. The van der Waals surface area contributed by atoms with E-state index in [4.69, 9.17) is 4.74 Å². The molecule has 4 rings (SSSR count). The number of esters is 1. The van der Waals surface area contributed by atoms with Crippen LogP contribution in [0, 0.1) is 17.2 Å². The summed E-state index contributed by atoms with van der Waals surface area (Å²) in [5, 5.41) is 14.6. The minimum absolute atomic E-state index is 0.0760. The van der Waals surface area contributed by atoms with Crippen molar-refractivity contribution in [2.24, 2.45) is 5.92 Å². The molecule has 1 saturated carbocycles. The van der Waals surface area contributed by atoms with E-state index in [0.717, 1.165) is 29.4 Å². The fourth-order valence-electron chi connectivity index (χ4n) is 3.73. The second-order valence-corrected chi connectivity index (χ2v) is 6.84. The van der Waals surface area contributed by atoms with E-state index in [1.54, 1.807) is 25.5 Å². The molecule has 1 unspecified atom stereocenters. The minimum Gasteiger partial charge on any atom is -0.462 e. The first-order chi connectivity index (χ1) is 13.2. The zero-order chi connectivity index (χ0) is 18.8. The molecule has 1 aliphatic rings. The fourth-order valence-corrected chi connectivity index (χ4v) is 3.73. The van der Waals surface area contributed by atoms with Crippen LogP contribution in [0.1, 0.15) is 49.0 Å². The largest absolute Gasteiger partial charge is 0.462 e. The lowest BCUT2D eigenvalue weighted by Crippen LogP contribution is -2.25. The first-order valence-corrected chi connectivity index (χ1v) is 9.27. The zero-order valence-corrected chi connectivity index (χ0v) is 15.2. The van der Waals surface area contributed by atoms with Gasteiger partial charge in [0.1, 0.15) is 5.65 Å². The van der Waals surface area contributed by atoms with E-state index in [1.165, 1.54) is 6.42 Å². The molecule has 27 heavy (non-hydrogen) atoms. The first kappa shape index (κ1) is 17.3. The number of aromatic amines is 1. The average Bonchev–Trinajstić information content (AvgIpc) is 3.28. The van der Waals surface area contributed by atoms with Gasteiger partial charge in [-0.1, -0.05) is 6.42 Å². The van der Waals surface area contributed by atoms with Crippen molar-refractivity contribution in [1.29, 1.82) is 5.26 Å². The number of hydrogen-bond donors (Lipinski definition) is 1. The number of aromatic nitrogens is 4. The van der Waals surface area contributed by atoms with E-state index >= 15 is 0 Å². The fraction of sp³-hybridized carbons (Fsp3) is 0.400. The lowest BCUT2D eigenvalue weighted by molar-refractivity contribution is 0.0527. The molecule has 1 N–H and O–H groups in total. The van der Waals surface area contributed by atoms with Gasteiger partial charge in [0.15, 0.2) is 0 Å². The molecule has 0 saturated heterocycles. The van der Waals surface area contributed by atoms with Crippen molar-refractivity contribution in [3.63, 3.8) is 0 Å². The molecule has 3 heterocycles. The topological polar surface area (TPSA) is 96.6 Å². The van der Waals surface area contributed by atoms with Gasteiger partial charge in [0.25, 0.3) is 0 Å². The van der Waals surface area contributed by atoms with Gasteiger partial charge >= 0.3 is 5.97 Å². The van der Waals surface area contributed by atoms with E-state index in [1.807, 2.05) is 16.9 Å². The maximum Gasteiger partial charge on any atom is 0.340 e. The number of nitrogens with zero attached hydrogens (tertiary/aromatic N) is 4. The summed E-state index contributed by atoms with van der Waals surface area (Å²) in [5.41, 5.74) is 2.71. The number of hydrogen-bond acceptors (Lipinski definition) is 5. The molecular weight excluding hydrogens is 342 g/mol. The average molecular weight is 363 g/mol. The van der Waals surface area contributed by atoms with Gasteiger partial charge in [-0.2, -0.15) is 10.4 Å². The Labute approximate surface area is 157 Å². The summed E-state index contributed by atoms with van der Waals surface area (Å²) in [5.74, 6) is 0.0927. The first-order valence-electron chi connectivity index (χ1n) is 9.27. The van der Waals surface area contributed by atoms with Crippen LogP contribution < -0.4 is 0 Å². The normalized spacial score (nSPS) is 15.3. The Morgan fingerprint density at radius 2 is 2.33 bits per heavy atom. The molecule has 7 nitrogen and oxygen atoms in total. The van der Waals surface area contributed by atoms with E-state index in [2.05, 4.69) is 21.1 Å². The van der Waals surface area contributed by atoms with Crippen molar-refractivity contribution in [1.82, 2.24) is 19.7 Å². The van der Waals surface area contributed by atoms with Gasteiger partial charge < -0.3 is 9.72 Å². The second kappa shape index (κ2) is 7.23. The lowest BCUT2D eigenvalue weighted by Gasteiger charge is -2.32. The lowest BCUT2D eigenvalue weighted by atomic mass is 9.79. The molecule has 1 aliphatic carbocycles. The number of fused-ring (bicyclic) bond motifs is 1. The third kappa shape index (κ3) is 3.08. The third-order valence-electron chi connectivity index (χ3n) is 5.31. The van der Waals surface area contributed by atoms with Gasteiger partial charge in [-0.3, -0.25) is 4.68 Å². The van der Waals surface area contributed by atoms with Gasteiger partial charge in [-0.15, -0.1) is 0 Å². The molecule has 1 atom stereocenters. The molecule has 0 radical (unpaired) electrons. The number of rotatable bonds is 6. The second-order valence-electron chi connectivity index (χ2n) is 6.84. The highest BCUT2D eigenvalue weighted by Crippen LogP contribution is 2.39. The maximum absolute atomic E-state index is 12.5. The Morgan fingerprint density at radius 3 is 3.04 bits per heavy atom. The molecule has 0 aromatic carbocycles. The van der Waals surface area contributed by atoms with Crippen LogP contribution >= 0.6 is 0 Å². The molecular formula is C20H21N5O2. The number of carbonyl (C=O) groups excluding carboxylic acids is 1. The Hall–Kier alpha value is -3.14. The number of nitriles is 1. The molecule has 3 aromatic rings. The van der Waals surface area contributed by atoms with E-state index in [9.17, 15) is 10.1 Å². The Morgan fingerprint density at radius 1 is 1.48 bits per heavy atom. The van der Waals surface area contributed by atoms with Crippen molar-refractivity contribution in [3.8, 4) is 17.2 Å². The summed E-state index contributed by atoms with van der Waals surface area (Å²) < 4.78 is 7.10. The van der Waals surface area contributed by atoms with Crippen LogP contribution in [0.15, 0.2) is 30.9 Å². The van der Waals surface area contributed by atoms with Crippen molar-refractivity contribution in [3.05, 3.63) is 36.4 Å². The van der Waals surface area contributed by atoms with Crippen molar-refractivity contribution in [2.45, 2.75) is 38.6 Å². The smallest absolute Gasteiger partial charge is 0.340 e. The van der Waals surface area contributed by atoms with E-state index < -0.39 is 5.97 Å². The van der Waals surface area contributed by atoms with Crippen LogP contribution in [-0.2, 0) is 4.74 Å². The number of nitrogens with one attached hydrogen (secondary N) is 1. The van der Waals surface area contributed by atoms with Crippen molar-refractivity contribution < 1.29 is 9.53 Å². The molecule has 1 fully saturated rings. The van der Waals surface area contributed by atoms with Gasteiger partial charge in [-0.25, -0.2) is 9.78 Å². The van der Waals surface area contributed by atoms with E-state index in [0.29, 0.717) is 30.2 Å². The summed E-state index contributed by atoms with van der Waals surface area (Å²) in [6, 6.07) is 4.26. The quantitative estimate of drug-likeness (QED) is 0.671. The zero-order valence-electron chi connectivity index (χ0n) is 15.2. The monoisotopic (exact) mass is 363 g/mol. The highest BCUT2D eigenvalue weighted by molar-refractivity contribution is 6.06. The summed E-state index contributed by atoms with van der Waals surface area (Å²) in [4.78, 5) is 19.9. The van der Waals surface area contributed by atoms with Crippen LogP contribution in [0.3, 0.4) is 0 Å². The molecule has 138 valence electrons. The summed E-state index contributed by atoms with van der Waals surface area (Å²) in [6.45, 7) is 2.08. The predicted molar refractivity (Wildman–Crippen MR) is 99.9 cm³/mol. The highest BCUT2D eigenvalue weighted by atomic mass is 16.5. The molecule has 7 heteroatoms. The summed E-state index contributed by atoms with van der Waals surface area (Å²) >= 11 is 0. The van der Waals surface area contributed by atoms with Crippen molar-refractivity contribution >= 4 is 17.0 Å². The molecule has 0 bridgehead atoms. The number of H-pyrrole nitrogens is 1. The van der Waals surface area contributed by atoms with Gasteiger partial charge in [-0.05, 0) is 31.7 Å². The van der Waals surface area contributed by atoms with Crippen LogP contribution in [0.5, 0.6) is 0 Å². The molecule has 3 aromatic heterocycles.